The number of rotatable bonds is 2. The lowest BCUT2D eigenvalue weighted by Gasteiger charge is -2.14. The molecule has 1 amide bonds. The van der Waals surface area contributed by atoms with Gasteiger partial charge in [0.1, 0.15) is 0 Å². The van der Waals surface area contributed by atoms with Gasteiger partial charge in [-0.25, -0.2) is 8.42 Å². The second kappa shape index (κ2) is 3.49. The van der Waals surface area contributed by atoms with E-state index in [9.17, 15) is 13.2 Å². The second-order valence-electron chi connectivity index (χ2n) is 3.18. The fraction of sp³-hybridized carbons (Fsp3) is 0.625. The third kappa shape index (κ3) is 2.09. The van der Waals surface area contributed by atoms with Crippen molar-refractivity contribution in [3.8, 4) is 0 Å². The van der Waals surface area contributed by atoms with E-state index in [1.807, 2.05) is 0 Å². The predicted molar refractivity (Wildman–Crippen MR) is 50.0 cm³/mol. The zero-order chi connectivity index (χ0) is 10.1. The lowest BCUT2D eigenvalue weighted by atomic mass is 10.2. The highest BCUT2D eigenvalue weighted by atomic mass is 32.2. The van der Waals surface area contributed by atoms with Crippen LogP contribution < -0.4 is 5.32 Å². The van der Waals surface area contributed by atoms with Gasteiger partial charge in [-0.2, -0.15) is 0 Å². The van der Waals surface area contributed by atoms with Crippen LogP contribution in [0.15, 0.2) is 12.7 Å². The number of amides is 1. The minimum atomic E-state index is -2.98. The highest BCUT2D eigenvalue weighted by molar-refractivity contribution is 7.92. The molecule has 74 valence electrons. The first-order valence-electron chi connectivity index (χ1n) is 4.12. The van der Waals surface area contributed by atoms with Crippen molar-refractivity contribution in [2.24, 2.45) is 0 Å². The number of sulfone groups is 1. The maximum absolute atomic E-state index is 11.3. The van der Waals surface area contributed by atoms with Gasteiger partial charge in [0.2, 0.25) is 5.91 Å². The smallest absolute Gasteiger partial charge is 0.243 e. The van der Waals surface area contributed by atoms with E-state index >= 15 is 0 Å². The van der Waals surface area contributed by atoms with Crippen LogP contribution in [0.2, 0.25) is 0 Å². The zero-order valence-corrected chi connectivity index (χ0v) is 8.30. The monoisotopic (exact) mass is 203 g/mol. The molecule has 0 radical (unpaired) electrons. The molecule has 0 aliphatic carbocycles. The van der Waals surface area contributed by atoms with Crippen molar-refractivity contribution in [1.82, 2.24) is 5.32 Å². The average Bonchev–Trinajstić information content (AvgIpc) is 2.32. The molecule has 2 unspecified atom stereocenters. The minimum absolute atomic E-state index is 0.163. The largest absolute Gasteiger partial charge is 0.349 e. The Kier molecular flexibility index (Phi) is 2.75. The van der Waals surface area contributed by atoms with Gasteiger partial charge in [0.15, 0.2) is 9.84 Å². The van der Waals surface area contributed by atoms with Crippen LogP contribution in [-0.4, -0.2) is 31.4 Å². The molecule has 4 nitrogen and oxygen atoms in total. The maximum Gasteiger partial charge on any atom is 0.243 e. The lowest BCUT2D eigenvalue weighted by molar-refractivity contribution is -0.117. The highest BCUT2D eigenvalue weighted by Gasteiger charge is 2.36. The van der Waals surface area contributed by atoms with Gasteiger partial charge in [0.25, 0.3) is 0 Å². The van der Waals surface area contributed by atoms with Gasteiger partial charge in [0, 0.05) is 6.04 Å². The molecular formula is C8H13NO3S. The van der Waals surface area contributed by atoms with E-state index in [1.165, 1.54) is 0 Å². The van der Waals surface area contributed by atoms with E-state index in [-0.39, 0.29) is 17.7 Å². The van der Waals surface area contributed by atoms with Gasteiger partial charge in [-0.3, -0.25) is 4.79 Å². The van der Waals surface area contributed by atoms with Crippen molar-refractivity contribution in [3.05, 3.63) is 12.7 Å². The van der Waals surface area contributed by atoms with Crippen molar-refractivity contribution in [1.29, 1.82) is 0 Å². The van der Waals surface area contributed by atoms with Crippen LogP contribution in [0.3, 0.4) is 0 Å². The summed E-state index contributed by atoms with van der Waals surface area (Å²) in [4.78, 5) is 10.9. The van der Waals surface area contributed by atoms with Crippen LogP contribution in [0, 0.1) is 0 Å². The molecule has 1 saturated heterocycles. The molecule has 0 bridgehead atoms. The quantitative estimate of drug-likeness (QED) is 0.636. The fourth-order valence-electron chi connectivity index (χ4n) is 1.39. The summed E-state index contributed by atoms with van der Waals surface area (Å²) in [6.07, 6.45) is 1.65. The van der Waals surface area contributed by atoms with Gasteiger partial charge in [0.05, 0.1) is 11.0 Å². The van der Waals surface area contributed by atoms with Crippen molar-refractivity contribution >= 4 is 15.7 Å². The third-order valence-corrected chi connectivity index (χ3v) is 4.63. The van der Waals surface area contributed by atoms with Gasteiger partial charge < -0.3 is 5.32 Å². The fourth-order valence-corrected chi connectivity index (χ4v) is 3.05. The summed E-state index contributed by atoms with van der Waals surface area (Å²) in [7, 11) is -2.98. The highest BCUT2D eigenvalue weighted by Crippen LogP contribution is 2.19. The summed E-state index contributed by atoms with van der Waals surface area (Å²) in [6, 6.07) is -0.254. The van der Waals surface area contributed by atoms with Crippen molar-refractivity contribution in [2.45, 2.75) is 24.6 Å². The van der Waals surface area contributed by atoms with Crippen molar-refractivity contribution in [2.75, 3.05) is 5.75 Å². The Morgan fingerprint density at radius 3 is 2.62 bits per heavy atom. The van der Waals surface area contributed by atoms with E-state index < -0.39 is 15.1 Å². The molecular weight excluding hydrogens is 190 g/mol. The molecule has 1 rings (SSSR count). The Hall–Kier alpha value is -0.840. The Labute approximate surface area is 77.9 Å². The van der Waals surface area contributed by atoms with Crippen molar-refractivity contribution in [3.63, 3.8) is 0 Å². The van der Waals surface area contributed by atoms with Crippen LogP contribution in [0.5, 0.6) is 0 Å². The molecule has 1 fully saturated rings. The van der Waals surface area contributed by atoms with Crippen LogP contribution in [0.4, 0.5) is 0 Å². The van der Waals surface area contributed by atoms with Gasteiger partial charge in [-0.1, -0.05) is 6.58 Å². The Bertz CT molecular complexity index is 320. The molecule has 0 aromatic rings. The molecule has 2 atom stereocenters. The van der Waals surface area contributed by atoms with Gasteiger partial charge >= 0.3 is 0 Å². The average molecular weight is 203 g/mol. The molecule has 1 aliphatic heterocycles. The lowest BCUT2D eigenvalue weighted by Crippen LogP contribution is -2.39. The Morgan fingerprint density at radius 2 is 2.23 bits per heavy atom. The van der Waals surface area contributed by atoms with E-state index in [4.69, 9.17) is 0 Å². The second-order valence-corrected chi connectivity index (χ2v) is 5.66. The summed E-state index contributed by atoms with van der Waals surface area (Å²) in [5.74, 6) is -0.148. The summed E-state index contributed by atoms with van der Waals surface area (Å²) in [5.41, 5.74) is 0. The Balaban J connectivity index is 2.66. The number of hydrogen-bond donors (Lipinski definition) is 1. The SMILES string of the molecule is C=CC(=O)NC1CCS(=O)(=O)C1C. The van der Waals surface area contributed by atoms with Crippen LogP contribution in [0.1, 0.15) is 13.3 Å². The van der Waals surface area contributed by atoms with Gasteiger partial charge in [-0.05, 0) is 19.4 Å². The molecule has 0 aromatic heterocycles. The summed E-state index contributed by atoms with van der Waals surface area (Å²) < 4.78 is 22.5. The minimum Gasteiger partial charge on any atom is -0.349 e. The molecule has 0 aromatic carbocycles. The van der Waals surface area contributed by atoms with Crippen LogP contribution in [-0.2, 0) is 14.6 Å². The molecule has 1 aliphatic rings. The van der Waals surface area contributed by atoms with Crippen LogP contribution >= 0.6 is 0 Å². The van der Waals surface area contributed by atoms with E-state index in [0.29, 0.717) is 6.42 Å². The van der Waals surface area contributed by atoms with Crippen LogP contribution in [0.25, 0.3) is 0 Å². The van der Waals surface area contributed by atoms with E-state index in [2.05, 4.69) is 11.9 Å². The zero-order valence-electron chi connectivity index (χ0n) is 7.49. The molecule has 1 N–H and O–H groups in total. The molecule has 1 heterocycles. The number of nitrogens with one attached hydrogen (secondary N) is 1. The molecule has 0 saturated carbocycles. The first-order valence-corrected chi connectivity index (χ1v) is 5.83. The van der Waals surface area contributed by atoms with E-state index in [0.717, 1.165) is 6.08 Å². The first-order chi connectivity index (χ1) is 5.97. The normalized spacial score (nSPS) is 31.2. The molecule has 13 heavy (non-hydrogen) atoms. The summed E-state index contributed by atoms with van der Waals surface area (Å²) >= 11 is 0. The number of hydrogen-bond acceptors (Lipinski definition) is 3. The topological polar surface area (TPSA) is 63.2 Å². The van der Waals surface area contributed by atoms with E-state index in [1.54, 1.807) is 6.92 Å². The van der Waals surface area contributed by atoms with Gasteiger partial charge in [-0.15, -0.1) is 0 Å². The summed E-state index contributed by atoms with van der Waals surface area (Å²) in [5, 5.41) is 2.12. The summed E-state index contributed by atoms with van der Waals surface area (Å²) in [6.45, 7) is 4.92. The predicted octanol–water partition coefficient (Wildman–Crippen LogP) is -0.136. The molecule has 5 heteroatoms. The maximum atomic E-state index is 11.3. The number of carbonyl (C=O) groups excluding carboxylic acids is 1. The third-order valence-electron chi connectivity index (χ3n) is 2.36. The number of carbonyl (C=O) groups is 1. The first kappa shape index (κ1) is 10.2. The standard InChI is InChI=1S/C8H13NO3S/c1-3-8(10)9-7-4-5-13(11,12)6(7)2/h3,6-7H,1,4-5H2,2H3,(H,9,10). The molecule has 0 spiro atoms. The Morgan fingerprint density at radius 1 is 1.62 bits per heavy atom. The van der Waals surface area contributed by atoms with Crippen molar-refractivity contribution < 1.29 is 13.2 Å².